The fourth-order valence-corrected chi connectivity index (χ4v) is 5.15. The molecule has 6 heteroatoms. The van der Waals surface area contributed by atoms with E-state index in [2.05, 4.69) is 13.0 Å². The van der Waals surface area contributed by atoms with Crippen molar-refractivity contribution in [3.05, 3.63) is 76.0 Å². The van der Waals surface area contributed by atoms with Crippen LogP contribution in [0.1, 0.15) is 16.8 Å². The molecule has 5 nitrogen and oxygen atoms in total. The smallest absolute Gasteiger partial charge is 0.336 e. The predicted octanol–water partition coefficient (Wildman–Crippen LogP) is 5.49. The van der Waals surface area contributed by atoms with Crippen LogP contribution in [0.25, 0.3) is 37.3 Å². The standard InChI is InChI=1S/C23H18N2O3S/c1-12-9-18-15(10-17(12)26)16(11-19(27)28-18)22-21(25-6-4-5-7-25)20-13(2)8-14(3)24-23(20)29-22/h4-11,26H,1-3H3. The highest BCUT2D eigenvalue weighted by molar-refractivity contribution is 7.22. The molecule has 0 aliphatic carbocycles. The van der Waals surface area contributed by atoms with E-state index in [1.807, 2.05) is 36.0 Å². The summed E-state index contributed by atoms with van der Waals surface area (Å²) in [6.45, 7) is 5.84. The third kappa shape index (κ3) is 2.76. The molecule has 0 radical (unpaired) electrons. The minimum Gasteiger partial charge on any atom is -0.508 e. The zero-order chi connectivity index (χ0) is 20.3. The van der Waals surface area contributed by atoms with Crippen LogP contribution in [0.5, 0.6) is 5.75 Å². The maximum absolute atomic E-state index is 12.4. The molecule has 0 fully saturated rings. The molecule has 4 aromatic heterocycles. The second kappa shape index (κ2) is 6.32. The van der Waals surface area contributed by atoms with Gasteiger partial charge in [-0.1, -0.05) is 0 Å². The Balaban J connectivity index is 1.97. The summed E-state index contributed by atoms with van der Waals surface area (Å²) in [6, 6.07) is 10.9. The van der Waals surface area contributed by atoms with Crippen LogP contribution in [-0.2, 0) is 0 Å². The molecular weight excluding hydrogens is 384 g/mol. The summed E-state index contributed by atoms with van der Waals surface area (Å²) in [4.78, 5) is 18.9. The number of phenolic OH excluding ortho intramolecular Hbond substituents is 1. The van der Waals surface area contributed by atoms with Gasteiger partial charge in [0.25, 0.3) is 0 Å². The third-order valence-electron chi connectivity index (χ3n) is 5.13. The number of rotatable bonds is 2. The van der Waals surface area contributed by atoms with Gasteiger partial charge < -0.3 is 14.1 Å². The summed E-state index contributed by atoms with van der Waals surface area (Å²) in [7, 11) is 0. The molecule has 0 saturated heterocycles. The van der Waals surface area contributed by atoms with E-state index in [0.29, 0.717) is 16.5 Å². The summed E-state index contributed by atoms with van der Waals surface area (Å²) < 4.78 is 7.47. The van der Waals surface area contributed by atoms with Crippen molar-refractivity contribution < 1.29 is 9.52 Å². The first-order valence-electron chi connectivity index (χ1n) is 9.24. The summed E-state index contributed by atoms with van der Waals surface area (Å²) >= 11 is 1.54. The van der Waals surface area contributed by atoms with Gasteiger partial charge in [-0.2, -0.15) is 0 Å². The normalized spacial score (nSPS) is 11.6. The number of thiophene rings is 1. The number of nitrogens with zero attached hydrogens (tertiary/aromatic N) is 2. The minimum atomic E-state index is -0.422. The number of hydrogen-bond acceptors (Lipinski definition) is 5. The highest BCUT2D eigenvalue weighted by Crippen LogP contribution is 2.44. The number of phenols is 1. The number of pyridine rings is 1. The van der Waals surface area contributed by atoms with Crippen molar-refractivity contribution in [2.75, 3.05) is 0 Å². The van der Waals surface area contributed by atoms with E-state index in [1.165, 1.54) is 6.07 Å². The number of hydrogen-bond donors (Lipinski definition) is 1. The molecule has 4 heterocycles. The zero-order valence-electron chi connectivity index (χ0n) is 16.2. The number of aromatic hydroxyl groups is 1. The second-order valence-corrected chi connectivity index (χ2v) is 8.24. The SMILES string of the molecule is Cc1cc(C)c2c(-n3cccc3)c(-c3cc(=O)oc4cc(C)c(O)cc34)sc2n1. The number of aromatic nitrogens is 2. The molecule has 0 atom stereocenters. The van der Waals surface area contributed by atoms with Crippen molar-refractivity contribution in [1.82, 2.24) is 9.55 Å². The van der Waals surface area contributed by atoms with Crippen LogP contribution in [0.15, 0.2) is 58.0 Å². The molecule has 29 heavy (non-hydrogen) atoms. The van der Waals surface area contributed by atoms with Gasteiger partial charge in [-0.05, 0) is 62.2 Å². The first-order chi connectivity index (χ1) is 13.9. The quantitative estimate of drug-likeness (QED) is 0.396. The van der Waals surface area contributed by atoms with Gasteiger partial charge in [0.05, 0.1) is 10.6 Å². The van der Waals surface area contributed by atoms with E-state index in [9.17, 15) is 9.90 Å². The lowest BCUT2D eigenvalue weighted by molar-refractivity contribution is 0.471. The molecule has 5 rings (SSSR count). The van der Waals surface area contributed by atoms with Crippen molar-refractivity contribution in [2.24, 2.45) is 0 Å². The van der Waals surface area contributed by atoms with Crippen LogP contribution in [0.4, 0.5) is 0 Å². The molecular formula is C23H18N2O3S. The second-order valence-electron chi connectivity index (χ2n) is 7.24. The summed E-state index contributed by atoms with van der Waals surface area (Å²) in [5.74, 6) is 0.168. The maximum Gasteiger partial charge on any atom is 0.336 e. The van der Waals surface area contributed by atoms with Gasteiger partial charge in [0.1, 0.15) is 16.2 Å². The molecule has 5 aromatic rings. The average molecular weight is 402 g/mol. The Morgan fingerprint density at radius 2 is 1.79 bits per heavy atom. The van der Waals surface area contributed by atoms with E-state index in [4.69, 9.17) is 9.40 Å². The molecule has 1 N–H and O–H groups in total. The maximum atomic E-state index is 12.4. The van der Waals surface area contributed by atoms with Crippen LogP contribution < -0.4 is 5.63 Å². The van der Waals surface area contributed by atoms with Crippen LogP contribution in [0, 0.1) is 20.8 Å². The first-order valence-corrected chi connectivity index (χ1v) is 10.1. The molecule has 0 spiro atoms. The fraction of sp³-hybridized carbons (Fsp3) is 0.130. The Kier molecular flexibility index (Phi) is 3.86. The van der Waals surface area contributed by atoms with E-state index < -0.39 is 5.63 Å². The van der Waals surface area contributed by atoms with E-state index >= 15 is 0 Å². The summed E-state index contributed by atoms with van der Waals surface area (Å²) in [6.07, 6.45) is 3.97. The molecule has 0 amide bonds. The topological polar surface area (TPSA) is 68.3 Å². The van der Waals surface area contributed by atoms with Crippen molar-refractivity contribution in [1.29, 1.82) is 0 Å². The van der Waals surface area contributed by atoms with Gasteiger partial charge in [-0.3, -0.25) is 0 Å². The predicted molar refractivity (Wildman–Crippen MR) is 116 cm³/mol. The molecule has 0 aliphatic heterocycles. The monoisotopic (exact) mass is 402 g/mol. The Labute approximate surface area is 170 Å². The summed E-state index contributed by atoms with van der Waals surface area (Å²) in [5, 5.41) is 12.1. The molecule has 0 aliphatic rings. The van der Waals surface area contributed by atoms with Crippen LogP contribution in [-0.4, -0.2) is 14.7 Å². The van der Waals surface area contributed by atoms with Gasteiger partial charge >= 0.3 is 5.63 Å². The van der Waals surface area contributed by atoms with Crippen molar-refractivity contribution in [2.45, 2.75) is 20.8 Å². The van der Waals surface area contributed by atoms with Crippen LogP contribution >= 0.6 is 11.3 Å². The highest BCUT2D eigenvalue weighted by Gasteiger charge is 2.21. The van der Waals surface area contributed by atoms with Crippen LogP contribution in [0.3, 0.4) is 0 Å². The van der Waals surface area contributed by atoms with Crippen molar-refractivity contribution in [3.63, 3.8) is 0 Å². The lowest BCUT2D eigenvalue weighted by Gasteiger charge is -2.10. The van der Waals surface area contributed by atoms with Crippen LogP contribution in [0.2, 0.25) is 0 Å². The van der Waals surface area contributed by atoms with E-state index in [0.717, 1.165) is 37.6 Å². The Bertz CT molecular complexity index is 1460. The fourth-order valence-electron chi connectivity index (χ4n) is 3.82. The first kappa shape index (κ1) is 17.7. The number of aryl methyl sites for hydroxylation is 3. The lowest BCUT2D eigenvalue weighted by atomic mass is 10.0. The Morgan fingerprint density at radius 3 is 2.55 bits per heavy atom. The largest absolute Gasteiger partial charge is 0.508 e. The van der Waals surface area contributed by atoms with Crippen molar-refractivity contribution in [3.8, 4) is 21.9 Å². The number of benzene rings is 1. The molecule has 1 aromatic carbocycles. The number of fused-ring (bicyclic) bond motifs is 2. The molecule has 144 valence electrons. The van der Waals surface area contributed by atoms with Gasteiger partial charge in [-0.25, -0.2) is 9.78 Å². The minimum absolute atomic E-state index is 0.168. The molecule has 0 unspecified atom stereocenters. The Hall–Kier alpha value is -3.38. The van der Waals surface area contributed by atoms with Crippen molar-refractivity contribution >= 4 is 32.5 Å². The lowest BCUT2D eigenvalue weighted by Crippen LogP contribution is -2.00. The van der Waals surface area contributed by atoms with Gasteiger partial charge in [0.2, 0.25) is 0 Å². The van der Waals surface area contributed by atoms with E-state index in [1.54, 1.807) is 30.4 Å². The van der Waals surface area contributed by atoms with E-state index in [-0.39, 0.29) is 5.75 Å². The summed E-state index contributed by atoms with van der Waals surface area (Å²) in [5.41, 5.74) is 4.49. The third-order valence-corrected chi connectivity index (χ3v) is 6.24. The molecule has 0 bridgehead atoms. The zero-order valence-corrected chi connectivity index (χ0v) is 17.0. The van der Waals surface area contributed by atoms with Gasteiger partial charge in [0, 0.05) is 40.5 Å². The Morgan fingerprint density at radius 1 is 1.03 bits per heavy atom. The van der Waals surface area contributed by atoms with Gasteiger partial charge in [-0.15, -0.1) is 11.3 Å². The average Bonchev–Trinajstić information content (AvgIpc) is 3.29. The molecule has 0 saturated carbocycles. The highest BCUT2D eigenvalue weighted by atomic mass is 32.1. The van der Waals surface area contributed by atoms with Gasteiger partial charge in [0.15, 0.2) is 0 Å².